The zero-order valence-corrected chi connectivity index (χ0v) is 18.1. The first-order chi connectivity index (χ1) is 12.7. The van der Waals surface area contributed by atoms with Gasteiger partial charge in [0.2, 0.25) is 0 Å². The molecule has 0 heterocycles. The third kappa shape index (κ3) is 14.2. The van der Waals surface area contributed by atoms with Crippen molar-refractivity contribution in [2.75, 3.05) is 0 Å². The molecule has 0 aliphatic heterocycles. The van der Waals surface area contributed by atoms with Crippen molar-refractivity contribution in [1.82, 2.24) is 0 Å². The summed E-state index contributed by atoms with van der Waals surface area (Å²) in [6.07, 6.45) is 24.6. The van der Waals surface area contributed by atoms with Gasteiger partial charge in [-0.1, -0.05) is 116 Å². The molecule has 0 radical (unpaired) electrons. The molecule has 0 spiro atoms. The highest BCUT2D eigenvalue weighted by atomic mass is 32.2. The molecule has 1 N–H and O–H groups in total. The molecule has 0 aromatic carbocycles. The van der Waals surface area contributed by atoms with Crippen LogP contribution in [0.25, 0.3) is 0 Å². The highest BCUT2D eigenvalue weighted by Gasteiger charge is 2.20. The van der Waals surface area contributed by atoms with Crippen molar-refractivity contribution in [3.8, 4) is 0 Å². The van der Waals surface area contributed by atoms with Crippen molar-refractivity contribution in [2.45, 2.75) is 135 Å². The van der Waals surface area contributed by atoms with E-state index in [4.69, 9.17) is 8.74 Å². The van der Waals surface area contributed by atoms with E-state index in [1.807, 2.05) is 0 Å². The summed E-state index contributed by atoms with van der Waals surface area (Å²) in [6, 6.07) is 0. The second kappa shape index (κ2) is 17.2. The zero-order valence-electron chi connectivity index (χ0n) is 17.3. The molecule has 26 heavy (non-hydrogen) atoms. The lowest BCUT2D eigenvalue weighted by molar-refractivity contribution is 0.144. The quantitative estimate of drug-likeness (QED) is 0.206. The Morgan fingerprint density at radius 3 is 1.85 bits per heavy atom. The molecule has 0 amide bonds. The molecule has 1 rings (SSSR count). The minimum atomic E-state index is -2.12. The first kappa shape index (κ1) is 24.1. The minimum absolute atomic E-state index is 0.0212. The predicted molar refractivity (Wildman–Crippen MR) is 113 cm³/mol. The minimum Gasteiger partial charge on any atom is -0.284 e. The number of unbranched alkanes of at least 4 members (excludes halogenated alkanes) is 11. The van der Waals surface area contributed by atoms with Gasteiger partial charge >= 0.3 is 11.4 Å². The van der Waals surface area contributed by atoms with Crippen LogP contribution in [0.15, 0.2) is 0 Å². The Labute approximate surface area is 165 Å². The molecule has 2 atom stereocenters. The topological polar surface area (TPSA) is 46.5 Å². The van der Waals surface area contributed by atoms with Crippen LogP contribution in [0, 0.1) is 5.92 Å². The van der Waals surface area contributed by atoms with Crippen molar-refractivity contribution in [3.05, 3.63) is 0 Å². The van der Waals surface area contributed by atoms with Crippen LogP contribution in [-0.4, -0.2) is 14.9 Å². The van der Waals surface area contributed by atoms with Gasteiger partial charge in [0.1, 0.15) is 0 Å². The molecule has 0 aromatic rings. The first-order valence-electron chi connectivity index (χ1n) is 11.5. The Morgan fingerprint density at radius 2 is 1.35 bits per heavy atom. The maximum Gasteiger partial charge on any atom is 0.302 e. The molecule has 1 fully saturated rings. The monoisotopic (exact) mass is 388 g/mol. The Hall–Kier alpha value is 0.0700. The van der Waals surface area contributed by atoms with Gasteiger partial charge in [0.15, 0.2) is 0 Å². The molecular weight excluding hydrogens is 344 g/mol. The number of hydrogen-bond donors (Lipinski definition) is 1. The molecule has 1 aliphatic carbocycles. The Bertz CT molecular complexity index is 329. The maximum atomic E-state index is 11.1. The Kier molecular flexibility index (Phi) is 15.9. The van der Waals surface area contributed by atoms with Crippen LogP contribution < -0.4 is 0 Å². The maximum absolute atomic E-state index is 11.1. The van der Waals surface area contributed by atoms with Gasteiger partial charge in [-0.25, -0.2) is 0 Å². The van der Waals surface area contributed by atoms with Gasteiger partial charge < -0.3 is 0 Å². The molecule has 1 aliphatic rings. The summed E-state index contributed by atoms with van der Waals surface area (Å²) >= 11 is -2.12. The molecule has 1 saturated carbocycles. The number of rotatable bonds is 17. The summed E-state index contributed by atoms with van der Waals surface area (Å²) in [6.45, 7) is 2.27. The normalized spacial score (nSPS) is 18.1. The third-order valence-corrected chi connectivity index (χ3v) is 6.36. The van der Waals surface area contributed by atoms with Crippen LogP contribution in [0.5, 0.6) is 0 Å². The lowest BCUT2D eigenvalue weighted by Crippen LogP contribution is -2.20. The highest BCUT2D eigenvalue weighted by Crippen LogP contribution is 2.29. The van der Waals surface area contributed by atoms with Crippen molar-refractivity contribution in [2.24, 2.45) is 5.92 Å². The van der Waals surface area contributed by atoms with Crippen molar-refractivity contribution in [3.63, 3.8) is 0 Å². The molecule has 156 valence electrons. The molecule has 4 heteroatoms. The largest absolute Gasteiger partial charge is 0.302 e. The molecular formula is C22H44O3S. The summed E-state index contributed by atoms with van der Waals surface area (Å²) < 4.78 is 25.4. The van der Waals surface area contributed by atoms with Crippen molar-refractivity contribution >= 4 is 11.4 Å². The van der Waals surface area contributed by atoms with E-state index in [2.05, 4.69) is 6.92 Å². The van der Waals surface area contributed by atoms with E-state index >= 15 is 0 Å². The van der Waals surface area contributed by atoms with Crippen LogP contribution in [0.2, 0.25) is 0 Å². The standard InChI is InChI=1S/C22H44O3S/c1-2-3-4-5-6-7-8-9-10-11-12-16-19-22(25-26(23)24)20-21-17-14-13-15-18-21/h21-22H,2-20H2,1H3,(H,23,24). The van der Waals surface area contributed by atoms with Gasteiger partial charge in [0, 0.05) is 0 Å². The van der Waals surface area contributed by atoms with Crippen molar-refractivity contribution < 1.29 is 12.9 Å². The SMILES string of the molecule is CCCCCCCCCCCCCCC(CC1CCCCC1)OS(=O)O. The van der Waals surface area contributed by atoms with Crippen LogP contribution in [-0.2, 0) is 15.5 Å². The lowest BCUT2D eigenvalue weighted by atomic mass is 9.84. The molecule has 0 bridgehead atoms. The summed E-state index contributed by atoms with van der Waals surface area (Å²) in [7, 11) is 0. The van der Waals surface area contributed by atoms with Gasteiger partial charge in [-0.3, -0.25) is 8.74 Å². The second-order valence-corrected chi connectivity index (χ2v) is 8.98. The van der Waals surface area contributed by atoms with Gasteiger partial charge in [0.25, 0.3) is 0 Å². The average Bonchev–Trinajstić information content (AvgIpc) is 2.63. The van der Waals surface area contributed by atoms with E-state index in [1.165, 1.54) is 103 Å². The van der Waals surface area contributed by atoms with E-state index in [-0.39, 0.29) is 6.10 Å². The summed E-state index contributed by atoms with van der Waals surface area (Å²) in [5.41, 5.74) is 0. The van der Waals surface area contributed by atoms with Crippen LogP contribution in [0.1, 0.15) is 129 Å². The zero-order chi connectivity index (χ0) is 18.9. The van der Waals surface area contributed by atoms with E-state index in [0.29, 0.717) is 5.92 Å². The molecule has 3 nitrogen and oxygen atoms in total. The fourth-order valence-electron chi connectivity index (χ4n) is 4.33. The predicted octanol–water partition coefficient (Wildman–Crippen LogP) is 7.57. The second-order valence-electron chi connectivity index (χ2n) is 8.35. The summed E-state index contributed by atoms with van der Waals surface area (Å²) in [5, 5.41) is 0. The van der Waals surface area contributed by atoms with Gasteiger partial charge in [-0.2, -0.15) is 4.21 Å². The van der Waals surface area contributed by atoms with Crippen LogP contribution in [0.3, 0.4) is 0 Å². The molecule has 0 saturated heterocycles. The van der Waals surface area contributed by atoms with Gasteiger partial charge in [0.05, 0.1) is 6.10 Å². The van der Waals surface area contributed by atoms with Crippen LogP contribution in [0.4, 0.5) is 0 Å². The van der Waals surface area contributed by atoms with Gasteiger partial charge in [-0.15, -0.1) is 0 Å². The average molecular weight is 389 g/mol. The molecule has 2 unspecified atom stereocenters. The summed E-state index contributed by atoms with van der Waals surface area (Å²) in [5.74, 6) is 0.703. The first-order valence-corrected chi connectivity index (χ1v) is 12.5. The lowest BCUT2D eigenvalue weighted by Gasteiger charge is -2.25. The van der Waals surface area contributed by atoms with E-state index in [9.17, 15) is 4.21 Å². The molecule has 0 aromatic heterocycles. The smallest absolute Gasteiger partial charge is 0.284 e. The fourth-order valence-corrected chi connectivity index (χ4v) is 4.74. The number of hydrogen-bond acceptors (Lipinski definition) is 2. The van der Waals surface area contributed by atoms with Crippen LogP contribution >= 0.6 is 0 Å². The van der Waals surface area contributed by atoms with E-state index in [1.54, 1.807) is 0 Å². The Morgan fingerprint density at radius 1 is 0.846 bits per heavy atom. The van der Waals surface area contributed by atoms with Gasteiger partial charge in [-0.05, 0) is 18.8 Å². The van der Waals surface area contributed by atoms with E-state index < -0.39 is 11.4 Å². The highest BCUT2D eigenvalue weighted by molar-refractivity contribution is 7.74. The fraction of sp³-hybridized carbons (Fsp3) is 1.00. The Balaban J connectivity index is 1.97. The third-order valence-electron chi connectivity index (χ3n) is 5.92. The van der Waals surface area contributed by atoms with Crippen molar-refractivity contribution in [1.29, 1.82) is 0 Å². The van der Waals surface area contributed by atoms with E-state index in [0.717, 1.165) is 19.3 Å². The summed E-state index contributed by atoms with van der Waals surface area (Å²) in [4.78, 5) is 0.